The third kappa shape index (κ3) is 5.64. The number of hydrogen-bond acceptors (Lipinski definition) is 6. The summed E-state index contributed by atoms with van der Waals surface area (Å²) >= 11 is 0. The molecule has 7 heteroatoms. The maximum atomic E-state index is 12.0. The summed E-state index contributed by atoms with van der Waals surface area (Å²) in [6.45, 7) is 5.22. The Balaban J connectivity index is 1.88. The Morgan fingerprint density at radius 1 is 1.07 bits per heavy atom. The highest BCUT2D eigenvalue weighted by molar-refractivity contribution is 5.98. The van der Waals surface area contributed by atoms with Gasteiger partial charge in [-0.05, 0) is 42.2 Å². The highest BCUT2D eigenvalue weighted by Crippen LogP contribution is 2.27. The smallest absolute Gasteiger partial charge is 0.344 e. The van der Waals surface area contributed by atoms with Gasteiger partial charge in [0.25, 0.3) is 5.69 Å². The van der Waals surface area contributed by atoms with Gasteiger partial charge in [0.15, 0.2) is 19.0 Å². The normalized spacial score (nSPS) is 10.5. The molecular formula is C20H21NO6. The Kier molecular flexibility index (Phi) is 6.65. The van der Waals surface area contributed by atoms with Crippen molar-refractivity contribution >= 4 is 17.4 Å². The molecule has 0 aromatic heterocycles. The summed E-state index contributed by atoms with van der Waals surface area (Å²) < 4.78 is 10.5. The summed E-state index contributed by atoms with van der Waals surface area (Å²) in [5.74, 6) is -0.262. The van der Waals surface area contributed by atoms with E-state index in [1.54, 1.807) is 0 Å². The number of carbonyl (C=O) groups excluding carboxylic acids is 2. The first kappa shape index (κ1) is 20.1. The van der Waals surface area contributed by atoms with Gasteiger partial charge >= 0.3 is 5.97 Å². The molecule has 0 atom stereocenters. The molecule has 0 saturated carbocycles. The molecule has 0 spiro atoms. The van der Waals surface area contributed by atoms with Crippen molar-refractivity contribution in [2.24, 2.45) is 0 Å². The molecule has 2 rings (SSSR count). The first-order chi connectivity index (χ1) is 12.8. The Morgan fingerprint density at radius 2 is 1.74 bits per heavy atom. The first-order valence-electron chi connectivity index (χ1n) is 8.44. The van der Waals surface area contributed by atoms with Gasteiger partial charge in [-0.15, -0.1) is 0 Å². The number of esters is 1. The number of non-ortho nitro benzene ring substituents is 1. The fraction of sp³-hybridized carbons (Fsp3) is 0.300. The van der Waals surface area contributed by atoms with Crippen molar-refractivity contribution in [1.29, 1.82) is 0 Å². The second-order valence-corrected chi connectivity index (χ2v) is 6.37. The second-order valence-electron chi connectivity index (χ2n) is 6.37. The lowest BCUT2D eigenvalue weighted by Gasteiger charge is -2.14. The van der Waals surface area contributed by atoms with Gasteiger partial charge in [0.2, 0.25) is 0 Å². The first-order valence-corrected chi connectivity index (χ1v) is 8.44. The average Bonchev–Trinajstić information content (AvgIpc) is 2.64. The van der Waals surface area contributed by atoms with Gasteiger partial charge in [-0.3, -0.25) is 14.9 Å². The van der Waals surface area contributed by atoms with Gasteiger partial charge in [-0.1, -0.05) is 26.0 Å². The molecule has 0 aliphatic heterocycles. The van der Waals surface area contributed by atoms with Crippen LogP contribution in [0.1, 0.15) is 41.3 Å². The number of Topliss-reactive ketones (excluding diaryl/α,β-unsaturated/α-hetero) is 1. The maximum Gasteiger partial charge on any atom is 0.344 e. The number of carbonyl (C=O) groups is 2. The van der Waals surface area contributed by atoms with Crippen molar-refractivity contribution < 1.29 is 24.0 Å². The fourth-order valence-electron chi connectivity index (χ4n) is 2.42. The molecule has 0 saturated heterocycles. The molecule has 0 aliphatic carbocycles. The van der Waals surface area contributed by atoms with E-state index in [1.807, 2.05) is 39.0 Å². The summed E-state index contributed by atoms with van der Waals surface area (Å²) in [6, 6.07) is 10.9. The van der Waals surface area contributed by atoms with Crippen LogP contribution in [0.25, 0.3) is 0 Å². The topological polar surface area (TPSA) is 95.7 Å². The fourth-order valence-corrected chi connectivity index (χ4v) is 2.42. The Morgan fingerprint density at radius 3 is 2.33 bits per heavy atom. The zero-order chi connectivity index (χ0) is 20.0. The Hall–Kier alpha value is -3.22. The van der Waals surface area contributed by atoms with E-state index in [1.165, 1.54) is 24.3 Å². The van der Waals surface area contributed by atoms with E-state index < -0.39 is 23.3 Å². The van der Waals surface area contributed by atoms with Crippen molar-refractivity contribution in [2.75, 3.05) is 13.2 Å². The Bertz CT molecular complexity index is 842. The summed E-state index contributed by atoms with van der Waals surface area (Å²) in [5, 5.41) is 10.6. The van der Waals surface area contributed by atoms with Gasteiger partial charge in [-0.25, -0.2) is 4.79 Å². The van der Waals surface area contributed by atoms with Crippen LogP contribution in [-0.2, 0) is 9.53 Å². The molecule has 7 nitrogen and oxygen atoms in total. The minimum atomic E-state index is -0.665. The number of aryl methyl sites for hydroxylation is 1. The van der Waals surface area contributed by atoms with Crippen LogP contribution >= 0.6 is 0 Å². The zero-order valence-electron chi connectivity index (χ0n) is 15.4. The van der Waals surface area contributed by atoms with Crippen LogP contribution < -0.4 is 4.74 Å². The lowest BCUT2D eigenvalue weighted by Crippen LogP contribution is -2.20. The molecule has 0 amide bonds. The standard InChI is InChI=1S/C20H21NO6/c1-13(2)17-9-4-14(3)10-19(17)26-12-20(23)27-11-18(22)15-5-7-16(8-6-15)21(24)25/h4-10,13H,11-12H2,1-3H3. The molecule has 0 radical (unpaired) electrons. The summed E-state index contributed by atoms with van der Waals surface area (Å²) in [6.07, 6.45) is 0. The molecule has 0 bridgehead atoms. The van der Waals surface area contributed by atoms with E-state index in [2.05, 4.69) is 0 Å². The number of nitrogens with zero attached hydrogens (tertiary/aromatic N) is 1. The van der Waals surface area contributed by atoms with Crippen LogP contribution in [0, 0.1) is 17.0 Å². The third-order valence-corrected chi connectivity index (χ3v) is 3.90. The van der Waals surface area contributed by atoms with Crippen LogP contribution in [-0.4, -0.2) is 29.9 Å². The highest BCUT2D eigenvalue weighted by Gasteiger charge is 2.14. The predicted octanol–water partition coefficient (Wildman–Crippen LogP) is 3.83. The summed E-state index contributed by atoms with van der Waals surface area (Å²) in [5.41, 5.74) is 2.11. The number of ketones is 1. The van der Waals surface area contributed by atoms with E-state index >= 15 is 0 Å². The molecule has 0 heterocycles. The number of nitro groups is 1. The monoisotopic (exact) mass is 371 g/mol. The molecule has 2 aromatic carbocycles. The van der Waals surface area contributed by atoms with Gasteiger partial charge in [-0.2, -0.15) is 0 Å². The number of ether oxygens (including phenoxy) is 2. The largest absolute Gasteiger partial charge is 0.482 e. The minimum absolute atomic E-state index is 0.115. The van der Waals surface area contributed by atoms with E-state index in [0.29, 0.717) is 5.75 Å². The second kappa shape index (κ2) is 8.93. The van der Waals surface area contributed by atoms with Crippen molar-refractivity contribution in [3.8, 4) is 5.75 Å². The van der Waals surface area contributed by atoms with Gasteiger partial charge in [0.05, 0.1) is 4.92 Å². The SMILES string of the molecule is Cc1ccc(C(C)C)c(OCC(=O)OCC(=O)c2ccc([N+](=O)[O-])cc2)c1. The van der Waals surface area contributed by atoms with Gasteiger partial charge < -0.3 is 9.47 Å². The third-order valence-electron chi connectivity index (χ3n) is 3.90. The lowest BCUT2D eigenvalue weighted by atomic mass is 10.0. The summed E-state index contributed by atoms with van der Waals surface area (Å²) in [7, 11) is 0. The van der Waals surface area contributed by atoms with Crippen molar-refractivity contribution in [1.82, 2.24) is 0 Å². The molecular weight excluding hydrogens is 350 g/mol. The zero-order valence-corrected chi connectivity index (χ0v) is 15.4. The number of hydrogen-bond donors (Lipinski definition) is 0. The minimum Gasteiger partial charge on any atom is -0.482 e. The van der Waals surface area contributed by atoms with Crippen LogP contribution in [0.15, 0.2) is 42.5 Å². The molecule has 142 valence electrons. The maximum absolute atomic E-state index is 12.0. The average molecular weight is 371 g/mol. The van der Waals surface area contributed by atoms with Crippen LogP contribution in [0.5, 0.6) is 5.75 Å². The molecule has 0 fully saturated rings. The van der Waals surface area contributed by atoms with E-state index in [4.69, 9.17) is 9.47 Å². The number of nitro benzene ring substituents is 1. The molecule has 2 aromatic rings. The quantitative estimate of drug-likeness (QED) is 0.303. The van der Waals surface area contributed by atoms with Crippen molar-refractivity contribution in [3.05, 3.63) is 69.3 Å². The molecule has 0 N–H and O–H groups in total. The number of benzene rings is 2. The highest BCUT2D eigenvalue weighted by atomic mass is 16.6. The van der Waals surface area contributed by atoms with Crippen LogP contribution in [0.4, 0.5) is 5.69 Å². The molecule has 27 heavy (non-hydrogen) atoms. The van der Waals surface area contributed by atoms with Crippen molar-refractivity contribution in [3.63, 3.8) is 0 Å². The molecule has 0 aliphatic rings. The van der Waals surface area contributed by atoms with E-state index in [-0.39, 0.29) is 23.8 Å². The van der Waals surface area contributed by atoms with E-state index in [0.717, 1.165) is 11.1 Å². The number of rotatable bonds is 8. The van der Waals surface area contributed by atoms with E-state index in [9.17, 15) is 19.7 Å². The van der Waals surface area contributed by atoms with Crippen LogP contribution in [0.3, 0.4) is 0 Å². The lowest BCUT2D eigenvalue weighted by molar-refractivity contribution is -0.384. The summed E-state index contributed by atoms with van der Waals surface area (Å²) in [4.78, 5) is 33.9. The van der Waals surface area contributed by atoms with Crippen LogP contribution in [0.2, 0.25) is 0 Å². The van der Waals surface area contributed by atoms with Gasteiger partial charge in [0.1, 0.15) is 5.75 Å². The molecule has 0 unspecified atom stereocenters. The van der Waals surface area contributed by atoms with Gasteiger partial charge in [0, 0.05) is 17.7 Å². The van der Waals surface area contributed by atoms with Crippen molar-refractivity contribution in [2.45, 2.75) is 26.7 Å². The predicted molar refractivity (Wildman–Crippen MR) is 99.1 cm³/mol. The Labute approximate surface area is 157 Å².